The molecule has 0 radical (unpaired) electrons. The number of para-hydroxylation sites is 1. The average molecular weight is 394 g/mol. The Morgan fingerprint density at radius 3 is 2.79 bits per heavy atom. The minimum Gasteiger partial charge on any atom is -0.472 e. The third-order valence-electron chi connectivity index (χ3n) is 4.97. The molecule has 0 unspecified atom stereocenters. The lowest BCUT2D eigenvalue weighted by Crippen LogP contribution is -2.23. The first-order valence-corrected chi connectivity index (χ1v) is 9.40. The number of nitrogens with zero attached hydrogens (tertiary/aromatic N) is 3. The lowest BCUT2D eigenvalue weighted by atomic mass is 10.2. The van der Waals surface area contributed by atoms with Gasteiger partial charge in [0.1, 0.15) is 11.8 Å². The van der Waals surface area contributed by atoms with Crippen LogP contribution in [0.2, 0.25) is 0 Å². The van der Waals surface area contributed by atoms with E-state index in [9.17, 15) is 9.59 Å². The van der Waals surface area contributed by atoms with Gasteiger partial charge in [-0.25, -0.2) is 9.67 Å². The van der Waals surface area contributed by atoms with Crippen LogP contribution in [0.1, 0.15) is 22.5 Å². The minimum absolute atomic E-state index is 0.0599. The van der Waals surface area contributed by atoms with E-state index < -0.39 is 5.91 Å². The van der Waals surface area contributed by atoms with E-state index in [0.29, 0.717) is 30.4 Å². The van der Waals surface area contributed by atoms with Gasteiger partial charge >= 0.3 is 0 Å². The Morgan fingerprint density at radius 2 is 2.07 bits per heavy atom. The molecule has 150 valence electrons. The van der Waals surface area contributed by atoms with Crippen LogP contribution in [0.15, 0.2) is 53.5 Å². The predicted molar refractivity (Wildman–Crippen MR) is 108 cm³/mol. The quantitative estimate of drug-likeness (QED) is 0.718. The third-order valence-corrected chi connectivity index (χ3v) is 4.97. The minimum atomic E-state index is -0.397. The molecule has 2 aromatic heterocycles. The summed E-state index contributed by atoms with van der Waals surface area (Å²) in [5.41, 5.74) is 1.69. The molecule has 0 aliphatic carbocycles. The van der Waals surface area contributed by atoms with Crippen LogP contribution in [-0.4, -0.2) is 39.6 Å². The van der Waals surface area contributed by atoms with Crippen molar-refractivity contribution in [3.63, 3.8) is 0 Å². The van der Waals surface area contributed by atoms with E-state index in [-0.39, 0.29) is 17.4 Å². The zero-order chi connectivity index (χ0) is 20.4. The molecule has 0 bridgehead atoms. The van der Waals surface area contributed by atoms with Gasteiger partial charge in [0.15, 0.2) is 0 Å². The van der Waals surface area contributed by atoms with Crippen molar-refractivity contribution in [2.75, 3.05) is 18.5 Å². The van der Waals surface area contributed by atoms with Gasteiger partial charge in [-0.05, 0) is 25.1 Å². The molecular formula is C21H22N4O4. The average Bonchev–Trinajstić information content (AvgIpc) is 3.31. The second-order valence-corrected chi connectivity index (χ2v) is 6.88. The van der Waals surface area contributed by atoms with Gasteiger partial charge in [-0.3, -0.25) is 14.3 Å². The van der Waals surface area contributed by atoms with Crippen LogP contribution >= 0.6 is 0 Å². The summed E-state index contributed by atoms with van der Waals surface area (Å²) in [4.78, 5) is 29.9. The number of pyridine rings is 1. The van der Waals surface area contributed by atoms with E-state index in [1.54, 1.807) is 30.8 Å². The predicted octanol–water partition coefficient (Wildman–Crippen LogP) is 2.30. The van der Waals surface area contributed by atoms with Crippen molar-refractivity contribution in [1.29, 1.82) is 0 Å². The number of rotatable bonds is 5. The van der Waals surface area contributed by atoms with Gasteiger partial charge in [0.2, 0.25) is 5.88 Å². The SMILES string of the molecule is Cc1c(NC(=O)c2ccnc(O[C@H]3CCOC3)c2)c(=O)n(-c2ccccc2)n1C. The fourth-order valence-electron chi connectivity index (χ4n) is 3.29. The summed E-state index contributed by atoms with van der Waals surface area (Å²) in [6, 6.07) is 12.4. The molecule has 29 heavy (non-hydrogen) atoms. The van der Waals surface area contributed by atoms with Gasteiger partial charge in [0.25, 0.3) is 11.5 Å². The number of hydrogen-bond donors (Lipinski definition) is 1. The van der Waals surface area contributed by atoms with Gasteiger partial charge in [-0.15, -0.1) is 0 Å². The van der Waals surface area contributed by atoms with E-state index >= 15 is 0 Å². The number of hydrogen-bond acceptors (Lipinski definition) is 5. The topological polar surface area (TPSA) is 87.4 Å². The fraction of sp³-hybridized carbons (Fsp3) is 0.286. The van der Waals surface area contributed by atoms with Crippen LogP contribution in [0, 0.1) is 6.92 Å². The third kappa shape index (κ3) is 3.79. The van der Waals surface area contributed by atoms with Gasteiger partial charge in [0.05, 0.1) is 24.6 Å². The molecule has 1 aromatic carbocycles. The highest BCUT2D eigenvalue weighted by Crippen LogP contribution is 2.18. The summed E-state index contributed by atoms with van der Waals surface area (Å²) in [7, 11) is 1.78. The van der Waals surface area contributed by atoms with Gasteiger partial charge < -0.3 is 14.8 Å². The van der Waals surface area contributed by atoms with E-state index in [2.05, 4.69) is 10.3 Å². The second-order valence-electron chi connectivity index (χ2n) is 6.88. The lowest BCUT2D eigenvalue weighted by Gasteiger charge is -2.11. The van der Waals surface area contributed by atoms with Gasteiger partial charge in [-0.1, -0.05) is 18.2 Å². The standard InChI is InChI=1S/C21H22N4O4/c1-14-19(21(27)25(24(14)2)16-6-4-3-5-7-16)23-20(26)15-8-10-22-18(12-15)29-17-9-11-28-13-17/h3-8,10,12,17H,9,11,13H2,1-2H3,(H,23,26)/t17-/m0/s1. The molecule has 1 atom stereocenters. The first-order chi connectivity index (χ1) is 14.0. The van der Waals surface area contributed by atoms with Gasteiger partial charge in [0, 0.05) is 31.3 Å². The smallest absolute Gasteiger partial charge is 0.295 e. The molecule has 1 fully saturated rings. The number of carbonyl (C=O) groups is 1. The van der Waals surface area contributed by atoms with Crippen LogP contribution in [0.25, 0.3) is 5.69 Å². The van der Waals surface area contributed by atoms with Crippen molar-refractivity contribution < 1.29 is 14.3 Å². The molecule has 0 saturated carbocycles. The zero-order valence-corrected chi connectivity index (χ0v) is 16.3. The maximum Gasteiger partial charge on any atom is 0.295 e. The molecule has 1 amide bonds. The molecule has 8 nitrogen and oxygen atoms in total. The maximum atomic E-state index is 13.0. The number of anilines is 1. The lowest BCUT2D eigenvalue weighted by molar-refractivity contribution is 0.102. The number of nitrogens with one attached hydrogen (secondary N) is 1. The Morgan fingerprint density at radius 1 is 1.28 bits per heavy atom. The van der Waals surface area contributed by atoms with Crippen molar-refractivity contribution in [2.45, 2.75) is 19.4 Å². The number of aromatic nitrogens is 3. The van der Waals surface area contributed by atoms with Gasteiger partial charge in [-0.2, -0.15) is 0 Å². The number of carbonyl (C=O) groups excluding carboxylic acids is 1. The van der Waals surface area contributed by atoms with Crippen molar-refractivity contribution in [1.82, 2.24) is 14.3 Å². The Kier molecular flexibility index (Phi) is 5.18. The summed E-state index contributed by atoms with van der Waals surface area (Å²) in [6.07, 6.45) is 2.25. The highest BCUT2D eigenvalue weighted by molar-refractivity contribution is 6.04. The summed E-state index contributed by atoms with van der Waals surface area (Å²) in [5.74, 6) is -0.0365. The monoisotopic (exact) mass is 394 g/mol. The molecule has 0 spiro atoms. The summed E-state index contributed by atoms with van der Waals surface area (Å²) >= 11 is 0. The molecule has 4 rings (SSSR count). The molecule has 1 N–H and O–H groups in total. The first-order valence-electron chi connectivity index (χ1n) is 9.40. The summed E-state index contributed by atoms with van der Waals surface area (Å²) < 4.78 is 14.3. The number of amides is 1. The largest absolute Gasteiger partial charge is 0.472 e. The fourth-order valence-corrected chi connectivity index (χ4v) is 3.29. The normalized spacial score (nSPS) is 16.0. The molecule has 3 heterocycles. The van der Waals surface area contributed by atoms with E-state index in [4.69, 9.17) is 9.47 Å². The van der Waals surface area contributed by atoms with Crippen LogP contribution in [-0.2, 0) is 11.8 Å². The van der Waals surface area contributed by atoms with Crippen molar-refractivity contribution >= 4 is 11.6 Å². The Hall–Kier alpha value is -3.39. The highest BCUT2D eigenvalue weighted by Gasteiger charge is 2.21. The number of benzene rings is 1. The van der Waals surface area contributed by atoms with Crippen LogP contribution in [0.5, 0.6) is 5.88 Å². The van der Waals surface area contributed by atoms with Crippen LogP contribution in [0.3, 0.4) is 0 Å². The van der Waals surface area contributed by atoms with Crippen molar-refractivity contribution in [2.24, 2.45) is 7.05 Å². The molecule has 1 aliphatic rings. The Balaban J connectivity index is 1.58. The molecule has 3 aromatic rings. The van der Waals surface area contributed by atoms with Crippen LogP contribution in [0.4, 0.5) is 5.69 Å². The number of ether oxygens (including phenoxy) is 2. The zero-order valence-electron chi connectivity index (χ0n) is 16.3. The molecule has 8 heteroatoms. The van der Waals surface area contributed by atoms with E-state index in [1.165, 1.54) is 10.9 Å². The van der Waals surface area contributed by atoms with E-state index in [0.717, 1.165) is 12.1 Å². The van der Waals surface area contributed by atoms with Crippen LogP contribution < -0.4 is 15.6 Å². The second kappa shape index (κ2) is 7.92. The summed E-state index contributed by atoms with van der Waals surface area (Å²) in [6.45, 7) is 2.96. The Labute approximate surface area is 167 Å². The highest BCUT2D eigenvalue weighted by atomic mass is 16.5. The van der Waals surface area contributed by atoms with Crippen molar-refractivity contribution in [3.8, 4) is 11.6 Å². The molecule has 1 aliphatic heterocycles. The summed E-state index contributed by atoms with van der Waals surface area (Å²) in [5, 5.41) is 2.75. The molecular weight excluding hydrogens is 372 g/mol. The maximum absolute atomic E-state index is 13.0. The Bertz CT molecular complexity index is 1080. The first kappa shape index (κ1) is 18.9. The van der Waals surface area contributed by atoms with E-state index in [1.807, 2.05) is 30.3 Å². The van der Waals surface area contributed by atoms with Crippen molar-refractivity contribution in [3.05, 3.63) is 70.3 Å². The molecule has 1 saturated heterocycles.